The first-order chi connectivity index (χ1) is 14.2. The van der Waals surface area contributed by atoms with E-state index in [-0.39, 0.29) is 5.92 Å². The normalized spacial score (nSPS) is 26.2. The molecule has 4 fully saturated rings. The number of rotatable bonds is 6. The van der Waals surface area contributed by atoms with Crippen molar-refractivity contribution in [3.05, 3.63) is 21.9 Å². The number of carbonyl (C=O) groups is 1. The third-order valence-electron chi connectivity index (χ3n) is 7.72. The monoisotopic (exact) mass is 415 g/mol. The van der Waals surface area contributed by atoms with Crippen LogP contribution in [0.2, 0.25) is 0 Å². The number of nitrogens with one attached hydrogen (secondary N) is 1. The molecule has 4 aliphatic rings. The molecular weight excluding hydrogens is 378 g/mol. The van der Waals surface area contributed by atoms with Gasteiger partial charge in [0.2, 0.25) is 5.91 Å². The maximum absolute atomic E-state index is 12.3. The fourth-order valence-corrected chi connectivity index (χ4v) is 6.87. The van der Waals surface area contributed by atoms with Crippen molar-refractivity contribution >= 4 is 17.2 Å². The fourth-order valence-electron chi connectivity index (χ4n) is 5.65. The molecule has 0 aromatic carbocycles. The van der Waals surface area contributed by atoms with Gasteiger partial charge in [-0.05, 0) is 82.5 Å². The first-order valence-corrected chi connectivity index (χ1v) is 12.9. The first-order valence-electron chi connectivity index (χ1n) is 12.1. The molecule has 5 heteroatoms. The maximum Gasteiger partial charge on any atom is 0.223 e. The predicted octanol–water partition coefficient (Wildman–Crippen LogP) is 4.36. The summed E-state index contributed by atoms with van der Waals surface area (Å²) in [6.45, 7) is 5.83. The molecule has 0 spiro atoms. The van der Waals surface area contributed by atoms with Gasteiger partial charge in [-0.15, -0.1) is 11.3 Å². The van der Waals surface area contributed by atoms with Crippen LogP contribution < -0.4 is 5.32 Å². The van der Waals surface area contributed by atoms with Gasteiger partial charge in [-0.25, -0.2) is 0 Å². The highest BCUT2D eigenvalue weighted by Crippen LogP contribution is 2.38. The number of thiophene rings is 1. The Morgan fingerprint density at radius 3 is 2.34 bits per heavy atom. The number of nitrogens with zero attached hydrogens (tertiary/aromatic N) is 2. The van der Waals surface area contributed by atoms with Crippen LogP contribution in [0.3, 0.4) is 0 Å². The Balaban J connectivity index is 1.04. The van der Waals surface area contributed by atoms with Crippen molar-refractivity contribution in [1.82, 2.24) is 15.1 Å². The number of hydrogen-bond donors (Lipinski definition) is 1. The molecule has 160 valence electrons. The van der Waals surface area contributed by atoms with E-state index in [1.165, 1.54) is 64.5 Å². The Morgan fingerprint density at radius 2 is 1.66 bits per heavy atom. The van der Waals surface area contributed by atoms with Gasteiger partial charge in [-0.3, -0.25) is 9.69 Å². The lowest BCUT2D eigenvalue weighted by Crippen LogP contribution is -2.49. The van der Waals surface area contributed by atoms with E-state index in [0.717, 1.165) is 44.4 Å². The van der Waals surface area contributed by atoms with Crippen LogP contribution in [0.1, 0.15) is 79.9 Å². The quantitative estimate of drug-likeness (QED) is 0.750. The summed E-state index contributed by atoms with van der Waals surface area (Å²) >= 11 is 2.07. The summed E-state index contributed by atoms with van der Waals surface area (Å²) in [6.07, 6.45) is 12.7. The minimum absolute atomic E-state index is 0.264. The van der Waals surface area contributed by atoms with Gasteiger partial charge in [0.25, 0.3) is 0 Å². The smallest absolute Gasteiger partial charge is 0.223 e. The largest absolute Gasteiger partial charge is 0.353 e. The summed E-state index contributed by atoms with van der Waals surface area (Å²) in [4.78, 5) is 20.8. The number of hydrogen-bond acceptors (Lipinski definition) is 4. The second-order valence-corrected chi connectivity index (χ2v) is 11.1. The van der Waals surface area contributed by atoms with E-state index in [0.29, 0.717) is 11.9 Å². The predicted molar refractivity (Wildman–Crippen MR) is 119 cm³/mol. The van der Waals surface area contributed by atoms with Crippen molar-refractivity contribution in [2.75, 3.05) is 26.2 Å². The van der Waals surface area contributed by atoms with E-state index in [1.54, 1.807) is 9.75 Å². The van der Waals surface area contributed by atoms with E-state index >= 15 is 0 Å². The Labute approximate surface area is 180 Å². The molecule has 4 nitrogen and oxygen atoms in total. The first kappa shape index (κ1) is 20.0. The van der Waals surface area contributed by atoms with Crippen LogP contribution in [0, 0.1) is 5.92 Å². The summed E-state index contributed by atoms with van der Waals surface area (Å²) in [6, 6.07) is 6.03. The molecule has 0 bridgehead atoms. The second-order valence-electron chi connectivity index (χ2n) is 9.89. The highest BCUT2D eigenvalue weighted by Gasteiger charge is 2.33. The molecule has 5 rings (SSSR count). The van der Waals surface area contributed by atoms with Crippen LogP contribution in [0.5, 0.6) is 0 Å². The highest BCUT2D eigenvalue weighted by atomic mass is 32.1. The lowest BCUT2D eigenvalue weighted by Gasteiger charge is -2.41. The summed E-state index contributed by atoms with van der Waals surface area (Å²) in [5.74, 6) is 1.45. The standard InChI is InChI=1S/C24H37N3OS/c28-24(25-20-5-6-20)19-9-15-27(16-10-19)21-11-13-26(14-12-21)17-22-7-8-23(29-22)18-3-1-2-4-18/h7-8,18-21H,1-6,9-17H2,(H,25,28). The van der Waals surface area contributed by atoms with Crippen LogP contribution >= 0.6 is 11.3 Å². The molecule has 2 saturated carbocycles. The zero-order valence-corrected chi connectivity index (χ0v) is 18.6. The number of piperidine rings is 2. The molecule has 1 amide bonds. The lowest BCUT2D eigenvalue weighted by atomic mass is 9.92. The zero-order valence-electron chi connectivity index (χ0n) is 17.8. The van der Waals surface area contributed by atoms with Gasteiger partial charge in [-0.2, -0.15) is 0 Å². The average Bonchev–Trinajstić information content (AvgIpc) is 3.20. The Kier molecular flexibility index (Phi) is 6.26. The van der Waals surface area contributed by atoms with E-state index in [9.17, 15) is 4.79 Å². The van der Waals surface area contributed by atoms with Crippen LogP contribution in [0.25, 0.3) is 0 Å². The van der Waals surface area contributed by atoms with Gasteiger partial charge < -0.3 is 10.2 Å². The van der Waals surface area contributed by atoms with Crippen molar-refractivity contribution in [1.29, 1.82) is 0 Å². The molecule has 1 aromatic heterocycles. The van der Waals surface area contributed by atoms with Gasteiger partial charge in [0.05, 0.1) is 0 Å². The van der Waals surface area contributed by atoms with Crippen molar-refractivity contribution in [2.45, 2.75) is 88.8 Å². The molecule has 29 heavy (non-hydrogen) atoms. The van der Waals surface area contributed by atoms with E-state index in [4.69, 9.17) is 0 Å². The van der Waals surface area contributed by atoms with Crippen molar-refractivity contribution in [3.63, 3.8) is 0 Å². The average molecular weight is 416 g/mol. The maximum atomic E-state index is 12.3. The summed E-state index contributed by atoms with van der Waals surface area (Å²) in [5.41, 5.74) is 0. The molecule has 3 heterocycles. The number of carbonyl (C=O) groups excluding carboxylic acids is 1. The van der Waals surface area contributed by atoms with Gasteiger partial charge in [-0.1, -0.05) is 12.8 Å². The summed E-state index contributed by atoms with van der Waals surface area (Å²) in [5, 5.41) is 3.20. The van der Waals surface area contributed by atoms with E-state index < -0.39 is 0 Å². The van der Waals surface area contributed by atoms with Crippen LogP contribution in [0.4, 0.5) is 0 Å². The van der Waals surface area contributed by atoms with Crippen LogP contribution in [-0.2, 0) is 11.3 Å². The molecule has 0 unspecified atom stereocenters. The third-order valence-corrected chi connectivity index (χ3v) is 8.95. The molecule has 2 saturated heterocycles. The van der Waals surface area contributed by atoms with Crippen LogP contribution in [0.15, 0.2) is 12.1 Å². The topological polar surface area (TPSA) is 35.6 Å². The van der Waals surface area contributed by atoms with Gasteiger partial charge in [0, 0.05) is 47.4 Å². The van der Waals surface area contributed by atoms with Crippen LogP contribution in [-0.4, -0.2) is 54.0 Å². The highest BCUT2D eigenvalue weighted by molar-refractivity contribution is 7.12. The van der Waals surface area contributed by atoms with Gasteiger partial charge in [0.1, 0.15) is 0 Å². The van der Waals surface area contributed by atoms with Crippen molar-refractivity contribution < 1.29 is 4.79 Å². The van der Waals surface area contributed by atoms with Crippen molar-refractivity contribution in [2.24, 2.45) is 5.92 Å². The second kappa shape index (κ2) is 9.07. The summed E-state index contributed by atoms with van der Waals surface area (Å²) < 4.78 is 0. The molecular formula is C24H37N3OS. The fraction of sp³-hybridized carbons (Fsp3) is 0.792. The van der Waals surface area contributed by atoms with E-state index in [2.05, 4.69) is 38.6 Å². The Hall–Kier alpha value is -0.910. The molecule has 0 atom stereocenters. The Bertz CT molecular complexity index is 678. The number of amides is 1. The summed E-state index contributed by atoms with van der Waals surface area (Å²) in [7, 11) is 0. The number of likely N-dealkylation sites (tertiary alicyclic amines) is 2. The van der Waals surface area contributed by atoms with E-state index in [1.807, 2.05) is 0 Å². The van der Waals surface area contributed by atoms with Gasteiger partial charge in [0.15, 0.2) is 0 Å². The Morgan fingerprint density at radius 1 is 0.931 bits per heavy atom. The van der Waals surface area contributed by atoms with Crippen molar-refractivity contribution in [3.8, 4) is 0 Å². The molecule has 2 aliphatic heterocycles. The molecule has 1 aromatic rings. The molecule has 1 N–H and O–H groups in total. The minimum atomic E-state index is 0.264. The lowest BCUT2D eigenvalue weighted by molar-refractivity contribution is -0.126. The SMILES string of the molecule is O=C(NC1CC1)C1CCN(C2CCN(Cc3ccc(C4CCCC4)s3)CC2)CC1. The molecule has 2 aliphatic carbocycles. The van der Waals surface area contributed by atoms with Gasteiger partial charge >= 0.3 is 0 Å². The zero-order chi connectivity index (χ0) is 19.6. The minimum Gasteiger partial charge on any atom is -0.353 e. The molecule has 0 radical (unpaired) electrons. The third kappa shape index (κ3) is 5.05.